The van der Waals surface area contributed by atoms with Gasteiger partial charge in [-0.05, 0) is 37.0 Å². The number of anilines is 1. The van der Waals surface area contributed by atoms with Gasteiger partial charge in [0.1, 0.15) is 11.6 Å². The van der Waals surface area contributed by atoms with E-state index in [1.54, 1.807) is 4.68 Å². The average molecular weight is 278 g/mol. The molecule has 19 heavy (non-hydrogen) atoms. The normalized spacial score (nSPS) is 14.6. The standard InChI is InChI=1S/C14H16ClN3O/c1-18-14(16)7-12(17-18)10-4-5-13(11(15)6-10)19-8-9-2-3-9/h4-7,9H,2-3,8,16H2,1H3. The maximum Gasteiger partial charge on any atom is 0.137 e. The largest absolute Gasteiger partial charge is 0.492 e. The number of nitrogens with zero attached hydrogens (tertiary/aromatic N) is 2. The molecule has 2 aromatic rings. The van der Waals surface area contributed by atoms with Crippen LogP contribution in [0.3, 0.4) is 0 Å². The molecular formula is C14H16ClN3O. The van der Waals surface area contributed by atoms with Gasteiger partial charge in [-0.2, -0.15) is 5.10 Å². The molecule has 1 aliphatic rings. The molecule has 1 aromatic heterocycles. The van der Waals surface area contributed by atoms with Crippen molar-refractivity contribution in [2.24, 2.45) is 13.0 Å². The Hall–Kier alpha value is -1.68. The zero-order chi connectivity index (χ0) is 13.4. The van der Waals surface area contributed by atoms with E-state index in [1.807, 2.05) is 31.3 Å². The molecule has 0 saturated heterocycles. The summed E-state index contributed by atoms with van der Waals surface area (Å²) in [6.45, 7) is 0.760. The number of hydrogen-bond donors (Lipinski definition) is 1. The lowest BCUT2D eigenvalue weighted by atomic mass is 10.1. The molecule has 1 fully saturated rings. The second-order valence-electron chi connectivity index (χ2n) is 4.98. The highest BCUT2D eigenvalue weighted by Crippen LogP contribution is 2.33. The Morgan fingerprint density at radius 3 is 2.79 bits per heavy atom. The van der Waals surface area contributed by atoms with Crippen LogP contribution in [0.2, 0.25) is 5.02 Å². The number of nitrogens with two attached hydrogens (primary N) is 1. The molecule has 1 aromatic carbocycles. The molecule has 0 aliphatic heterocycles. The lowest BCUT2D eigenvalue weighted by Crippen LogP contribution is -1.99. The Labute approximate surface area is 117 Å². The Kier molecular flexibility index (Phi) is 3.11. The summed E-state index contributed by atoms with van der Waals surface area (Å²) in [5, 5.41) is 4.94. The van der Waals surface area contributed by atoms with Crippen molar-refractivity contribution in [1.82, 2.24) is 9.78 Å². The first-order valence-electron chi connectivity index (χ1n) is 6.36. The number of aryl methyl sites for hydroxylation is 1. The van der Waals surface area contributed by atoms with Crippen molar-refractivity contribution in [1.29, 1.82) is 0 Å². The van der Waals surface area contributed by atoms with Gasteiger partial charge in [-0.25, -0.2) is 0 Å². The smallest absolute Gasteiger partial charge is 0.137 e. The van der Waals surface area contributed by atoms with Crippen LogP contribution in [-0.4, -0.2) is 16.4 Å². The van der Waals surface area contributed by atoms with Crippen molar-refractivity contribution < 1.29 is 4.74 Å². The average Bonchev–Trinajstić information content (AvgIpc) is 3.14. The number of ether oxygens (including phenoxy) is 1. The van der Waals surface area contributed by atoms with Gasteiger partial charge in [0.05, 0.1) is 17.3 Å². The molecule has 3 rings (SSSR count). The van der Waals surface area contributed by atoms with Crippen molar-refractivity contribution >= 4 is 17.4 Å². The highest BCUT2D eigenvalue weighted by molar-refractivity contribution is 6.32. The number of nitrogen functional groups attached to an aromatic ring is 1. The van der Waals surface area contributed by atoms with Crippen molar-refractivity contribution in [3.63, 3.8) is 0 Å². The van der Waals surface area contributed by atoms with Gasteiger partial charge in [-0.3, -0.25) is 4.68 Å². The Morgan fingerprint density at radius 1 is 1.42 bits per heavy atom. The summed E-state index contributed by atoms with van der Waals surface area (Å²) in [5.74, 6) is 2.08. The summed E-state index contributed by atoms with van der Waals surface area (Å²) in [5.41, 5.74) is 7.53. The lowest BCUT2D eigenvalue weighted by Gasteiger charge is -2.08. The summed E-state index contributed by atoms with van der Waals surface area (Å²) >= 11 is 6.24. The molecule has 5 heteroatoms. The summed E-state index contributed by atoms with van der Waals surface area (Å²) in [6.07, 6.45) is 2.53. The van der Waals surface area contributed by atoms with E-state index < -0.39 is 0 Å². The number of rotatable bonds is 4. The maximum atomic E-state index is 6.24. The van der Waals surface area contributed by atoms with Gasteiger partial charge >= 0.3 is 0 Å². The summed E-state index contributed by atoms with van der Waals surface area (Å²) in [7, 11) is 1.81. The molecule has 0 radical (unpaired) electrons. The quantitative estimate of drug-likeness (QED) is 0.934. The van der Waals surface area contributed by atoms with Crippen molar-refractivity contribution in [3.05, 3.63) is 29.3 Å². The molecule has 1 aliphatic carbocycles. The molecule has 1 saturated carbocycles. The summed E-state index contributed by atoms with van der Waals surface area (Å²) in [6, 6.07) is 7.54. The van der Waals surface area contributed by atoms with Crippen LogP contribution in [0, 0.1) is 5.92 Å². The fraction of sp³-hybridized carbons (Fsp3) is 0.357. The first-order chi connectivity index (χ1) is 9.13. The molecule has 0 atom stereocenters. The topological polar surface area (TPSA) is 53.1 Å². The molecule has 1 heterocycles. The summed E-state index contributed by atoms with van der Waals surface area (Å²) < 4.78 is 7.34. The highest BCUT2D eigenvalue weighted by Gasteiger charge is 2.22. The fourth-order valence-electron chi connectivity index (χ4n) is 1.89. The van der Waals surface area contributed by atoms with Crippen LogP contribution in [0.15, 0.2) is 24.3 Å². The predicted molar refractivity (Wildman–Crippen MR) is 76.3 cm³/mol. The van der Waals surface area contributed by atoms with Crippen molar-refractivity contribution in [2.45, 2.75) is 12.8 Å². The predicted octanol–water partition coefficient (Wildman–Crippen LogP) is 3.11. The third-order valence-electron chi connectivity index (χ3n) is 3.32. The van der Waals surface area contributed by atoms with Gasteiger partial charge in [0.15, 0.2) is 0 Å². The Morgan fingerprint density at radius 2 is 2.21 bits per heavy atom. The zero-order valence-electron chi connectivity index (χ0n) is 10.8. The lowest BCUT2D eigenvalue weighted by molar-refractivity contribution is 0.300. The van der Waals surface area contributed by atoms with Crippen LogP contribution in [0.5, 0.6) is 5.75 Å². The van der Waals surface area contributed by atoms with Crippen LogP contribution in [0.1, 0.15) is 12.8 Å². The van der Waals surface area contributed by atoms with Crippen LogP contribution in [0.4, 0.5) is 5.82 Å². The van der Waals surface area contributed by atoms with E-state index in [9.17, 15) is 0 Å². The van der Waals surface area contributed by atoms with Gasteiger partial charge in [0.25, 0.3) is 0 Å². The van der Waals surface area contributed by atoms with Crippen LogP contribution in [0.25, 0.3) is 11.3 Å². The van der Waals surface area contributed by atoms with Gasteiger partial charge in [0, 0.05) is 18.7 Å². The minimum absolute atomic E-state index is 0.613. The Bertz CT molecular complexity index is 585. The van der Waals surface area contributed by atoms with E-state index in [4.69, 9.17) is 22.1 Å². The first-order valence-corrected chi connectivity index (χ1v) is 6.73. The number of hydrogen-bond acceptors (Lipinski definition) is 3. The highest BCUT2D eigenvalue weighted by atomic mass is 35.5. The SMILES string of the molecule is Cn1nc(-c2ccc(OCC3CC3)c(Cl)c2)cc1N. The van der Waals surface area contributed by atoms with Gasteiger partial charge in [0.2, 0.25) is 0 Å². The second kappa shape index (κ2) is 4.78. The van der Waals surface area contributed by atoms with Gasteiger partial charge in [-0.1, -0.05) is 11.6 Å². The van der Waals surface area contributed by atoms with Crippen LogP contribution in [-0.2, 0) is 7.05 Å². The van der Waals surface area contributed by atoms with E-state index in [2.05, 4.69) is 5.10 Å². The summed E-state index contributed by atoms with van der Waals surface area (Å²) in [4.78, 5) is 0. The molecule has 2 N–H and O–H groups in total. The molecule has 0 amide bonds. The number of aromatic nitrogens is 2. The first kappa shape index (κ1) is 12.4. The van der Waals surface area contributed by atoms with Gasteiger partial charge < -0.3 is 10.5 Å². The zero-order valence-corrected chi connectivity index (χ0v) is 11.5. The fourth-order valence-corrected chi connectivity index (χ4v) is 2.13. The minimum atomic E-state index is 0.613. The minimum Gasteiger partial charge on any atom is -0.492 e. The second-order valence-corrected chi connectivity index (χ2v) is 5.38. The molecule has 4 nitrogen and oxygen atoms in total. The third kappa shape index (κ3) is 2.68. The molecule has 0 unspecified atom stereocenters. The third-order valence-corrected chi connectivity index (χ3v) is 3.61. The Balaban J connectivity index is 1.81. The maximum absolute atomic E-state index is 6.24. The molecule has 0 bridgehead atoms. The molecule has 100 valence electrons. The molecular weight excluding hydrogens is 262 g/mol. The van der Waals surface area contributed by atoms with Crippen molar-refractivity contribution in [2.75, 3.05) is 12.3 Å². The number of benzene rings is 1. The number of halogens is 1. The van der Waals surface area contributed by atoms with Crippen LogP contribution < -0.4 is 10.5 Å². The van der Waals surface area contributed by atoms with Crippen LogP contribution >= 0.6 is 11.6 Å². The van der Waals surface area contributed by atoms with Gasteiger partial charge in [-0.15, -0.1) is 0 Å². The van der Waals surface area contributed by atoms with E-state index in [0.29, 0.717) is 16.8 Å². The van der Waals surface area contributed by atoms with E-state index in [1.165, 1.54) is 12.8 Å². The monoisotopic (exact) mass is 277 g/mol. The van der Waals surface area contributed by atoms with E-state index in [0.717, 1.165) is 23.6 Å². The van der Waals surface area contributed by atoms with Crippen molar-refractivity contribution in [3.8, 4) is 17.0 Å². The molecule has 0 spiro atoms. The van der Waals surface area contributed by atoms with E-state index >= 15 is 0 Å². The van der Waals surface area contributed by atoms with E-state index in [-0.39, 0.29) is 0 Å².